The molecule has 1 aromatic heterocycles. The Morgan fingerprint density at radius 3 is 2.70 bits per heavy atom. The molecule has 0 amide bonds. The highest BCUT2D eigenvalue weighted by Crippen LogP contribution is 2.31. The predicted octanol–water partition coefficient (Wildman–Crippen LogP) is 3.87. The summed E-state index contributed by atoms with van der Waals surface area (Å²) in [4.78, 5) is 17.0. The Kier molecular flexibility index (Phi) is 7.65. The number of thioether (sulfide) groups is 1. The molecule has 2 atom stereocenters. The van der Waals surface area contributed by atoms with Crippen molar-refractivity contribution in [2.24, 2.45) is 0 Å². The summed E-state index contributed by atoms with van der Waals surface area (Å²) in [5, 5.41) is 10.2. The van der Waals surface area contributed by atoms with E-state index in [1.165, 1.54) is 18.9 Å². The Morgan fingerprint density at radius 1 is 1.24 bits per heavy atom. The molecule has 1 aliphatic rings. The van der Waals surface area contributed by atoms with E-state index in [0.29, 0.717) is 23.7 Å². The van der Waals surface area contributed by atoms with Crippen LogP contribution in [0.2, 0.25) is 0 Å². The Labute approximate surface area is 202 Å². The molecule has 0 spiro atoms. The number of ether oxygens (including phenoxy) is 1. The summed E-state index contributed by atoms with van der Waals surface area (Å²) in [6, 6.07) is 17.1. The number of benzene rings is 2. The van der Waals surface area contributed by atoms with Gasteiger partial charge in [0.25, 0.3) is 11.3 Å². The number of nitrogens with one attached hydrogen (secondary N) is 3. The summed E-state index contributed by atoms with van der Waals surface area (Å²) in [5.41, 5.74) is 3.88. The normalized spacial score (nSPS) is 15.0. The average molecular weight is 503 g/mol. The SMILES string of the molecule is COC(=O)C1=C(N[C@@H](Cc2ccc(NS(=O)O)cc2)c2csc(-c3ccccc3)n2)SCN1. The van der Waals surface area contributed by atoms with Crippen LogP contribution in [0.5, 0.6) is 0 Å². The first-order valence-electron chi connectivity index (χ1n) is 9.96. The van der Waals surface area contributed by atoms with Crippen molar-refractivity contribution in [3.63, 3.8) is 0 Å². The lowest BCUT2D eigenvalue weighted by atomic mass is 10.0. The standard InChI is InChI=1S/C22H22N4O4S3/c1-30-22(27)19-21(32-13-23-19)24-17(11-14-7-9-16(10-8-14)26-33(28)29)18-12-31-20(25-18)15-5-3-2-4-6-15/h2-10,12,17,23-24,26H,11,13H2,1H3,(H,28,29)/t17-/m0/s1. The maximum atomic E-state index is 12.2. The van der Waals surface area contributed by atoms with Gasteiger partial charge >= 0.3 is 5.97 Å². The summed E-state index contributed by atoms with van der Waals surface area (Å²) in [6.07, 6.45) is 0.596. The van der Waals surface area contributed by atoms with E-state index in [-0.39, 0.29) is 6.04 Å². The highest BCUT2D eigenvalue weighted by Gasteiger charge is 2.26. The fraction of sp³-hybridized carbons (Fsp3) is 0.182. The zero-order chi connectivity index (χ0) is 23.2. The number of carbonyl (C=O) groups excluding carboxylic acids is 1. The number of hydrogen-bond donors (Lipinski definition) is 4. The van der Waals surface area contributed by atoms with Gasteiger partial charge in [-0.2, -0.15) is 0 Å². The number of nitrogens with zero attached hydrogens (tertiary/aromatic N) is 1. The number of carbonyl (C=O) groups is 1. The summed E-state index contributed by atoms with van der Waals surface area (Å²) in [5.74, 6) is 0.154. The van der Waals surface area contributed by atoms with E-state index in [4.69, 9.17) is 14.3 Å². The van der Waals surface area contributed by atoms with E-state index in [2.05, 4.69) is 15.4 Å². The topological polar surface area (TPSA) is 113 Å². The van der Waals surface area contributed by atoms with Crippen LogP contribution in [0.3, 0.4) is 0 Å². The van der Waals surface area contributed by atoms with Crippen LogP contribution in [0.1, 0.15) is 17.3 Å². The lowest BCUT2D eigenvalue weighted by molar-refractivity contribution is -0.136. The molecule has 1 unspecified atom stereocenters. The largest absolute Gasteiger partial charge is 0.464 e. The van der Waals surface area contributed by atoms with Crippen LogP contribution in [-0.2, 0) is 27.2 Å². The maximum Gasteiger partial charge on any atom is 0.356 e. The highest BCUT2D eigenvalue weighted by atomic mass is 32.2. The molecule has 2 heterocycles. The van der Waals surface area contributed by atoms with Crippen molar-refractivity contribution in [3.8, 4) is 10.6 Å². The number of methoxy groups -OCH3 is 1. The number of aromatic nitrogens is 1. The monoisotopic (exact) mass is 502 g/mol. The van der Waals surface area contributed by atoms with Crippen LogP contribution in [0.4, 0.5) is 5.69 Å². The molecule has 0 aliphatic carbocycles. The van der Waals surface area contributed by atoms with Gasteiger partial charge in [-0.15, -0.1) is 11.3 Å². The predicted molar refractivity (Wildman–Crippen MR) is 133 cm³/mol. The number of esters is 1. The maximum absolute atomic E-state index is 12.2. The first kappa shape index (κ1) is 23.3. The molecular weight excluding hydrogens is 480 g/mol. The van der Waals surface area contributed by atoms with E-state index in [1.807, 2.05) is 47.8 Å². The van der Waals surface area contributed by atoms with Gasteiger partial charge in [-0.3, -0.25) is 9.27 Å². The van der Waals surface area contributed by atoms with Crippen molar-refractivity contribution >= 4 is 46.0 Å². The second-order valence-corrected chi connectivity index (χ2v) is 9.60. The summed E-state index contributed by atoms with van der Waals surface area (Å²) in [6.45, 7) is 0. The first-order valence-corrected chi connectivity index (χ1v) is 12.9. The van der Waals surface area contributed by atoms with E-state index >= 15 is 0 Å². The van der Waals surface area contributed by atoms with Crippen molar-refractivity contribution in [2.45, 2.75) is 12.5 Å². The van der Waals surface area contributed by atoms with Crippen molar-refractivity contribution in [1.29, 1.82) is 0 Å². The van der Waals surface area contributed by atoms with Gasteiger partial charge in [-0.05, 0) is 24.1 Å². The van der Waals surface area contributed by atoms with Crippen LogP contribution in [0.15, 0.2) is 70.7 Å². The van der Waals surface area contributed by atoms with Crippen LogP contribution in [0, 0.1) is 0 Å². The zero-order valence-corrected chi connectivity index (χ0v) is 20.1. The molecule has 172 valence electrons. The Bertz CT molecular complexity index is 1170. The number of hydrogen-bond acceptors (Lipinski definition) is 8. The van der Waals surface area contributed by atoms with Crippen molar-refractivity contribution in [2.75, 3.05) is 17.7 Å². The fourth-order valence-corrected chi connectivity index (χ4v) is 5.41. The van der Waals surface area contributed by atoms with Gasteiger partial charge in [0, 0.05) is 16.6 Å². The molecule has 4 N–H and O–H groups in total. The Balaban J connectivity index is 1.62. The minimum absolute atomic E-state index is 0.202. The molecule has 0 radical (unpaired) electrons. The van der Waals surface area contributed by atoms with Crippen LogP contribution < -0.4 is 15.4 Å². The number of anilines is 1. The molecule has 0 saturated carbocycles. The average Bonchev–Trinajstić information content (AvgIpc) is 3.50. The molecule has 0 bridgehead atoms. The van der Waals surface area contributed by atoms with Gasteiger partial charge < -0.3 is 15.4 Å². The summed E-state index contributed by atoms with van der Waals surface area (Å²) >= 11 is 0.946. The zero-order valence-electron chi connectivity index (χ0n) is 17.6. The van der Waals surface area contributed by atoms with E-state index < -0.39 is 17.2 Å². The molecule has 2 aromatic carbocycles. The van der Waals surface area contributed by atoms with Crippen LogP contribution in [-0.4, -0.2) is 32.7 Å². The smallest absolute Gasteiger partial charge is 0.356 e. The molecule has 0 fully saturated rings. The lowest BCUT2D eigenvalue weighted by Crippen LogP contribution is -2.25. The van der Waals surface area contributed by atoms with E-state index in [0.717, 1.165) is 26.9 Å². The summed E-state index contributed by atoms with van der Waals surface area (Å²) < 4.78 is 27.3. The van der Waals surface area contributed by atoms with Crippen molar-refractivity contribution in [3.05, 3.63) is 82.0 Å². The Hall–Kier alpha value is -2.86. The van der Waals surface area contributed by atoms with Crippen molar-refractivity contribution in [1.82, 2.24) is 15.6 Å². The van der Waals surface area contributed by atoms with Gasteiger partial charge in [-0.25, -0.2) is 14.0 Å². The highest BCUT2D eigenvalue weighted by molar-refractivity contribution is 8.03. The van der Waals surface area contributed by atoms with Crippen LogP contribution in [0.25, 0.3) is 10.6 Å². The number of thiazole rings is 1. The second-order valence-electron chi connectivity index (χ2n) is 7.05. The van der Waals surface area contributed by atoms with Gasteiger partial charge in [0.05, 0.1) is 24.7 Å². The minimum atomic E-state index is -2.12. The molecule has 11 heteroatoms. The molecular formula is C22H22N4O4S3. The molecule has 3 aromatic rings. The third kappa shape index (κ3) is 5.93. The van der Waals surface area contributed by atoms with Crippen molar-refractivity contribution < 1.29 is 18.3 Å². The lowest BCUT2D eigenvalue weighted by Gasteiger charge is -2.19. The Morgan fingerprint density at radius 2 is 2.00 bits per heavy atom. The molecule has 0 saturated heterocycles. The first-order chi connectivity index (χ1) is 16.0. The van der Waals surface area contributed by atoms with E-state index in [1.54, 1.807) is 23.5 Å². The van der Waals surface area contributed by atoms with Gasteiger partial charge in [0.2, 0.25) is 0 Å². The van der Waals surface area contributed by atoms with E-state index in [9.17, 15) is 9.00 Å². The minimum Gasteiger partial charge on any atom is -0.464 e. The molecule has 33 heavy (non-hydrogen) atoms. The van der Waals surface area contributed by atoms with Gasteiger partial charge in [0.1, 0.15) is 10.0 Å². The van der Waals surface area contributed by atoms with Gasteiger partial charge in [0.15, 0.2) is 5.70 Å². The third-order valence-corrected chi connectivity index (χ3v) is 7.11. The quantitative estimate of drug-likeness (QED) is 0.258. The van der Waals surface area contributed by atoms with Crippen LogP contribution >= 0.6 is 23.1 Å². The fourth-order valence-electron chi connectivity index (χ4n) is 3.31. The number of rotatable bonds is 9. The summed E-state index contributed by atoms with van der Waals surface area (Å²) in [7, 11) is 1.36. The van der Waals surface area contributed by atoms with Gasteiger partial charge in [-0.1, -0.05) is 54.2 Å². The second kappa shape index (κ2) is 10.8. The molecule has 8 nitrogen and oxygen atoms in total. The molecule has 4 rings (SSSR count). The third-order valence-electron chi connectivity index (χ3n) is 4.89. The molecule has 1 aliphatic heterocycles.